The fraction of sp³-hybridized carbons (Fsp3) is 0.222. The minimum Gasteiger partial charge on any atom is -0.393 e. The lowest BCUT2D eigenvalue weighted by atomic mass is 10.2. The van der Waals surface area contributed by atoms with Gasteiger partial charge in [0.1, 0.15) is 0 Å². The van der Waals surface area contributed by atoms with Crippen LogP contribution in [0.2, 0.25) is 5.02 Å². The first-order valence-electron chi connectivity index (χ1n) is 8.37. The Kier molecular flexibility index (Phi) is 5.98. The Morgan fingerprint density at radius 1 is 1.14 bits per heavy atom. The molecule has 5 nitrogen and oxygen atoms in total. The molecule has 0 radical (unpaired) electrons. The molecular weight excluding hydrogens is 451 g/mol. The van der Waals surface area contributed by atoms with E-state index >= 15 is 0 Å². The maximum atomic E-state index is 13.2. The molecule has 29 heavy (non-hydrogen) atoms. The molecule has 3 aromatic rings. The van der Waals surface area contributed by atoms with Gasteiger partial charge in [-0.25, -0.2) is 16.6 Å². The molecule has 0 aliphatic heterocycles. The predicted molar refractivity (Wildman–Crippen MR) is 105 cm³/mol. The molecule has 0 aliphatic rings. The van der Waals surface area contributed by atoms with Crippen molar-refractivity contribution in [2.24, 2.45) is 0 Å². The largest absolute Gasteiger partial charge is 0.508 e. The van der Waals surface area contributed by atoms with E-state index in [0.29, 0.717) is 18.5 Å². The van der Waals surface area contributed by atoms with E-state index in [1.165, 1.54) is 24.3 Å². The van der Waals surface area contributed by atoms with Crippen molar-refractivity contribution in [3.8, 4) is 5.75 Å². The van der Waals surface area contributed by atoms with E-state index in [1.54, 1.807) is 18.2 Å². The summed E-state index contributed by atoms with van der Waals surface area (Å²) in [4.78, 5) is 0.0597. The van der Waals surface area contributed by atoms with Crippen LogP contribution in [0.1, 0.15) is 19.0 Å². The minimum absolute atomic E-state index is 0.0597. The lowest BCUT2D eigenvalue weighted by Crippen LogP contribution is -2.21. The number of hydrogen-bond acceptors (Lipinski definition) is 4. The summed E-state index contributed by atoms with van der Waals surface area (Å²) in [5.74, 6) is -0.452. The molecule has 0 bridgehead atoms. The molecule has 0 amide bonds. The topological polar surface area (TPSA) is 65.4 Å². The molecule has 3 rings (SSSR count). The van der Waals surface area contributed by atoms with Gasteiger partial charge in [0.05, 0.1) is 15.4 Å². The maximum Gasteiger partial charge on any atom is 0.508 e. The molecule has 0 N–H and O–H groups in total. The van der Waals surface area contributed by atoms with Crippen LogP contribution in [0.5, 0.6) is 5.75 Å². The molecule has 0 fully saturated rings. The van der Waals surface area contributed by atoms with E-state index in [4.69, 9.17) is 11.6 Å². The number of rotatable bonds is 6. The highest BCUT2D eigenvalue weighted by atomic mass is 35.5. The maximum absolute atomic E-state index is 13.2. The lowest BCUT2D eigenvalue weighted by molar-refractivity contribution is -0.0437. The lowest BCUT2D eigenvalue weighted by Gasteiger charge is -2.12. The Hall–Kier alpha value is -2.04. The quantitative estimate of drug-likeness (QED) is 0.511. The Morgan fingerprint density at radius 3 is 2.38 bits per heavy atom. The number of hydrogen-bond donors (Lipinski definition) is 0. The fourth-order valence-electron chi connectivity index (χ4n) is 2.86. The number of aromatic nitrogens is 1. The molecule has 0 saturated carbocycles. The van der Waals surface area contributed by atoms with Gasteiger partial charge in [0.25, 0.3) is 10.0 Å². The third-order valence-electron chi connectivity index (χ3n) is 4.05. The highest BCUT2D eigenvalue weighted by Crippen LogP contribution is 2.38. The van der Waals surface area contributed by atoms with Crippen molar-refractivity contribution in [3.05, 3.63) is 59.2 Å². The van der Waals surface area contributed by atoms with Crippen molar-refractivity contribution >= 4 is 43.6 Å². The van der Waals surface area contributed by atoms with E-state index in [2.05, 4.69) is 4.18 Å². The molecule has 1 atom stereocenters. The number of alkyl halides is 3. The van der Waals surface area contributed by atoms with Gasteiger partial charge in [-0.2, -0.15) is 13.2 Å². The predicted octanol–water partition coefficient (Wildman–Crippen LogP) is 5.05. The molecule has 2 aromatic carbocycles. The summed E-state index contributed by atoms with van der Waals surface area (Å²) in [5, 5.41) is -0.0641. The average Bonchev–Trinajstić information content (AvgIpc) is 3.04. The first-order valence-corrected chi connectivity index (χ1v) is 11.3. The van der Waals surface area contributed by atoms with E-state index in [1.807, 2.05) is 6.92 Å². The van der Waals surface area contributed by atoms with Gasteiger partial charge in [0.2, 0.25) is 0 Å². The van der Waals surface area contributed by atoms with Crippen LogP contribution in [0.25, 0.3) is 10.9 Å². The third-order valence-corrected chi connectivity index (χ3v) is 6.93. The van der Waals surface area contributed by atoms with Crippen LogP contribution in [0.3, 0.4) is 0 Å². The van der Waals surface area contributed by atoms with Crippen molar-refractivity contribution in [1.29, 1.82) is 0 Å². The SMILES string of the molecule is CCCc1cc2c(Cl)c(OS(=O)C(F)(F)F)ccc2n1S(=O)(=O)c1ccccc1. The van der Waals surface area contributed by atoms with E-state index in [-0.39, 0.29) is 20.8 Å². The summed E-state index contributed by atoms with van der Waals surface area (Å²) in [6, 6.07) is 11.6. The number of fused-ring (bicyclic) bond motifs is 1. The normalized spacial score (nSPS) is 13.6. The van der Waals surface area contributed by atoms with E-state index in [0.717, 1.165) is 10.0 Å². The zero-order chi connectivity index (χ0) is 21.4. The first-order chi connectivity index (χ1) is 13.6. The second-order valence-corrected chi connectivity index (χ2v) is 9.31. The van der Waals surface area contributed by atoms with Crippen LogP contribution in [0.4, 0.5) is 13.2 Å². The Labute approximate surface area is 172 Å². The van der Waals surface area contributed by atoms with Crippen LogP contribution >= 0.6 is 11.6 Å². The number of nitrogens with zero attached hydrogens (tertiary/aromatic N) is 1. The molecule has 156 valence electrons. The summed E-state index contributed by atoms with van der Waals surface area (Å²) in [7, 11) is -3.97. The van der Waals surface area contributed by atoms with Crippen LogP contribution in [-0.2, 0) is 27.5 Å². The molecule has 11 heteroatoms. The summed E-state index contributed by atoms with van der Waals surface area (Å²) in [6.07, 6.45) is 1.02. The fourth-order valence-corrected chi connectivity index (χ4v) is 5.14. The number of aryl methyl sites for hydroxylation is 1. The highest BCUT2D eigenvalue weighted by molar-refractivity contribution is 7.90. The molecule has 1 heterocycles. The molecule has 0 spiro atoms. The van der Waals surface area contributed by atoms with Gasteiger partial charge in [0, 0.05) is 11.1 Å². The smallest absolute Gasteiger partial charge is 0.393 e. The van der Waals surface area contributed by atoms with Gasteiger partial charge in [0.15, 0.2) is 5.75 Å². The average molecular weight is 466 g/mol. The first kappa shape index (κ1) is 21.7. The highest BCUT2D eigenvalue weighted by Gasteiger charge is 2.40. The zero-order valence-corrected chi connectivity index (χ0v) is 17.3. The second kappa shape index (κ2) is 8.00. The summed E-state index contributed by atoms with van der Waals surface area (Å²) < 4.78 is 80.8. The Morgan fingerprint density at radius 2 is 1.79 bits per heavy atom. The van der Waals surface area contributed by atoms with Crippen molar-refractivity contribution in [1.82, 2.24) is 3.97 Å². The van der Waals surface area contributed by atoms with Crippen molar-refractivity contribution in [3.63, 3.8) is 0 Å². The van der Waals surface area contributed by atoms with Crippen LogP contribution in [0.15, 0.2) is 53.4 Å². The van der Waals surface area contributed by atoms with E-state index < -0.39 is 32.4 Å². The van der Waals surface area contributed by atoms with Crippen LogP contribution in [-0.4, -0.2) is 22.1 Å². The summed E-state index contributed by atoms with van der Waals surface area (Å²) >= 11 is 2.58. The zero-order valence-electron chi connectivity index (χ0n) is 14.9. The molecule has 1 aromatic heterocycles. The summed E-state index contributed by atoms with van der Waals surface area (Å²) in [5.41, 5.74) is -4.47. The van der Waals surface area contributed by atoms with Crippen LogP contribution < -0.4 is 4.18 Å². The minimum atomic E-state index is -5.08. The molecule has 1 unspecified atom stereocenters. The van der Waals surface area contributed by atoms with Gasteiger partial charge in [-0.15, -0.1) is 0 Å². The molecular formula is C18H15ClF3NO4S2. The standard InChI is InChI=1S/C18H15ClF3NO4S2/c1-2-6-12-11-14-15(23(12)29(25,26)13-7-4-3-5-8-13)9-10-16(17(14)19)27-28(24)18(20,21)22/h3-5,7-11H,2,6H2,1H3. The van der Waals surface area contributed by atoms with Gasteiger partial charge in [-0.05, 0) is 36.8 Å². The van der Waals surface area contributed by atoms with Crippen molar-refractivity contribution in [2.75, 3.05) is 0 Å². The van der Waals surface area contributed by atoms with Gasteiger partial charge >= 0.3 is 16.6 Å². The number of halogens is 4. The monoisotopic (exact) mass is 465 g/mol. The molecule has 0 aliphatic carbocycles. The third kappa shape index (κ3) is 4.15. The Bertz CT molecular complexity index is 1180. The van der Waals surface area contributed by atoms with Gasteiger partial charge in [-0.1, -0.05) is 43.1 Å². The molecule has 0 saturated heterocycles. The van der Waals surface area contributed by atoms with Crippen molar-refractivity contribution < 1.29 is 30.0 Å². The van der Waals surface area contributed by atoms with Gasteiger partial charge in [-0.3, -0.25) is 0 Å². The van der Waals surface area contributed by atoms with Crippen LogP contribution in [0, 0.1) is 0 Å². The Balaban J connectivity index is 2.20. The second-order valence-electron chi connectivity index (χ2n) is 6.04. The number of benzene rings is 2. The van der Waals surface area contributed by atoms with Crippen molar-refractivity contribution in [2.45, 2.75) is 30.2 Å². The van der Waals surface area contributed by atoms with E-state index in [9.17, 15) is 25.8 Å². The summed E-state index contributed by atoms with van der Waals surface area (Å²) in [6.45, 7) is 1.86. The van der Waals surface area contributed by atoms with Gasteiger partial charge < -0.3 is 4.18 Å².